The predicted octanol–water partition coefficient (Wildman–Crippen LogP) is 2.51. The Balaban J connectivity index is 2.24. The van der Waals surface area contributed by atoms with Crippen LogP contribution in [0.15, 0.2) is 21.2 Å². The van der Waals surface area contributed by atoms with Crippen LogP contribution in [0.25, 0.3) is 0 Å². The van der Waals surface area contributed by atoms with Gasteiger partial charge in [0.25, 0.3) is 0 Å². The SMILES string of the molecule is CC1(C(NN)c2occc2Br)CCCCO1. The second-order valence-electron chi connectivity index (χ2n) is 4.35. The lowest BCUT2D eigenvalue weighted by Crippen LogP contribution is -2.48. The Hall–Kier alpha value is -0.360. The van der Waals surface area contributed by atoms with Crippen molar-refractivity contribution in [3.05, 3.63) is 22.6 Å². The fourth-order valence-electron chi connectivity index (χ4n) is 2.22. The molecule has 1 aromatic heterocycles. The van der Waals surface area contributed by atoms with Crippen molar-refractivity contribution in [3.8, 4) is 0 Å². The van der Waals surface area contributed by atoms with Gasteiger partial charge in [-0.15, -0.1) is 0 Å². The molecule has 16 heavy (non-hydrogen) atoms. The summed E-state index contributed by atoms with van der Waals surface area (Å²) in [6.45, 7) is 2.86. The van der Waals surface area contributed by atoms with Gasteiger partial charge >= 0.3 is 0 Å². The molecule has 0 bridgehead atoms. The molecule has 2 atom stereocenters. The number of furan rings is 1. The zero-order valence-electron chi connectivity index (χ0n) is 9.33. The summed E-state index contributed by atoms with van der Waals surface area (Å²) in [5, 5.41) is 0. The number of rotatable bonds is 3. The molecule has 5 heteroatoms. The van der Waals surface area contributed by atoms with Gasteiger partial charge in [-0.2, -0.15) is 0 Å². The molecule has 1 aliphatic rings. The Morgan fingerprint density at radius 3 is 2.88 bits per heavy atom. The molecule has 2 heterocycles. The van der Waals surface area contributed by atoms with E-state index >= 15 is 0 Å². The minimum atomic E-state index is -0.298. The van der Waals surface area contributed by atoms with Gasteiger partial charge in [0.1, 0.15) is 11.8 Å². The summed E-state index contributed by atoms with van der Waals surface area (Å²) in [4.78, 5) is 0. The fourth-order valence-corrected chi connectivity index (χ4v) is 2.65. The number of hydrogen-bond acceptors (Lipinski definition) is 4. The molecule has 0 aliphatic carbocycles. The molecule has 1 aromatic rings. The maximum atomic E-state index is 5.87. The molecule has 90 valence electrons. The van der Waals surface area contributed by atoms with Crippen LogP contribution < -0.4 is 11.3 Å². The lowest BCUT2D eigenvalue weighted by atomic mass is 9.87. The zero-order chi connectivity index (χ0) is 11.6. The van der Waals surface area contributed by atoms with E-state index in [1.165, 1.54) is 0 Å². The number of hydrogen-bond donors (Lipinski definition) is 2. The molecule has 0 aromatic carbocycles. The predicted molar refractivity (Wildman–Crippen MR) is 64.7 cm³/mol. The highest BCUT2D eigenvalue weighted by molar-refractivity contribution is 9.10. The van der Waals surface area contributed by atoms with Gasteiger partial charge in [-0.1, -0.05) is 0 Å². The summed E-state index contributed by atoms with van der Waals surface area (Å²) in [7, 11) is 0. The topological polar surface area (TPSA) is 60.4 Å². The van der Waals surface area contributed by atoms with Crippen LogP contribution in [0.3, 0.4) is 0 Å². The van der Waals surface area contributed by atoms with Gasteiger partial charge in [-0.25, -0.2) is 5.43 Å². The van der Waals surface area contributed by atoms with Crippen LogP contribution in [0.2, 0.25) is 0 Å². The van der Waals surface area contributed by atoms with Crippen LogP contribution in [0.4, 0.5) is 0 Å². The van der Waals surface area contributed by atoms with Crippen molar-refractivity contribution in [3.63, 3.8) is 0 Å². The molecule has 3 N–H and O–H groups in total. The van der Waals surface area contributed by atoms with Crippen LogP contribution in [-0.4, -0.2) is 12.2 Å². The summed E-state index contributed by atoms with van der Waals surface area (Å²) in [5.74, 6) is 6.44. The van der Waals surface area contributed by atoms with Crippen molar-refractivity contribution >= 4 is 15.9 Å². The lowest BCUT2D eigenvalue weighted by Gasteiger charge is -2.39. The molecule has 0 saturated carbocycles. The summed E-state index contributed by atoms with van der Waals surface area (Å²) >= 11 is 3.45. The van der Waals surface area contributed by atoms with Crippen molar-refractivity contribution in [2.24, 2.45) is 5.84 Å². The minimum absolute atomic E-state index is 0.128. The van der Waals surface area contributed by atoms with Gasteiger partial charge in [0, 0.05) is 6.61 Å². The summed E-state index contributed by atoms with van der Waals surface area (Å²) in [6.07, 6.45) is 4.91. The summed E-state index contributed by atoms with van der Waals surface area (Å²) < 4.78 is 12.3. The molecule has 0 amide bonds. The molecule has 4 nitrogen and oxygen atoms in total. The Labute approximate surface area is 104 Å². The maximum absolute atomic E-state index is 5.87. The number of nitrogens with two attached hydrogens (primary N) is 1. The highest BCUT2D eigenvalue weighted by atomic mass is 79.9. The molecule has 1 aliphatic heterocycles. The Kier molecular flexibility index (Phi) is 3.69. The maximum Gasteiger partial charge on any atom is 0.139 e. The normalized spacial score (nSPS) is 27.9. The highest BCUT2D eigenvalue weighted by Gasteiger charge is 2.39. The van der Waals surface area contributed by atoms with Crippen molar-refractivity contribution in [1.82, 2.24) is 5.43 Å². The van der Waals surface area contributed by atoms with Crippen molar-refractivity contribution in [1.29, 1.82) is 0 Å². The van der Waals surface area contributed by atoms with E-state index in [1.54, 1.807) is 6.26 Å². The molecule has 2 unspecified atom stereocenters. The third kappa shape index (κ3) is 2.18. The number of ether oxygens (including phenoxy) is 1. The van der Waals surface area contributed by atoms with Gasteiger partial charge in [0.2, 0.25) is 0 Å². The summed E-state index contributed by atoms with van der Waals surface area (Å²) in [5.41, 5.74) is 2.51. The number of nitrogens with one attached hydrogen (secondary N) is 1. The Bertz CT molecular complexity index is 348. The fraction of sp³-hybridized carbons (Fsp3) is 0.636. The van der Waals surface area contributed by atoms with E-state index < -0.39 is 0 Å². The molecule has 2 rings (SSSR count). The average Bonchev–Trinajstić information content (AvgIpc) is 2.67. The Morgan fingerprint density at radius 1 is 1.56 bits per heavy atom. The number of halogens is 1. The van der Waals surface area contributed by atoms with Gasteiger partial charge in [-0.3, -0.25) is 5.84 Å². The molecule has 1 fully saturated rings. The van der Waals surface area contributed by atoms with Gasteiger partial charge < -0.3 is 9.15 Å². The van der Waals surface area contributed by atoms with Crippen molar-refractivity contribution < 1.29 is 9.15 Å². The standard InChI is InChI=1S/C11H17BrN2O2/c1-11(5-2-3-6-16-11)10(14-13)9-8(12)4-7-15-9/h4,7,10,14H,2-3,5-6,13H2,1H3. The van der Waals surface area contributed by atoms with E-state index in [4.69, 9.17) is 15.0 Å². The Morgan fingerprint density at radius 2 is 2.38 bits per heavy atom. The van der Waals surface area contributed by atoms with E-state index in [0.717, 1.165) is 36.1 Å². The van der Waals surface area contributed by atoms with Crippen LogP contribution in [0, 0.1) is 0 Å². The van der Waals surface area contributed by atoms with Crippen LogP contribution >= 0.6 is 15.9 Å². The zero-order valence-corrected chi connectivity index (χ0v) is 10.9. The highest BCUT2D eigenvalue weighted by Crippen LogP contribution is 2.38. The van der Waals surface area contributed by atoms with Gasteiger partial charge in [-0.05, 0) is 48.2 Å². The number of hydrazine groups is 1. The molecule has 1 saturated heterocycles. The third-order valence-corrected chi connectivity index (χ3v) is 3.84. The van der Waals surface area contributed by atoms with E-state index in [0.29, 0.717) is 0 Å². The minimum Gasteiger partial charge on any atom is -0.466 e. The molecule has 0 radical (unpaired) electrons. The van der Waals surface area contributed by atoms with E-state index in [9.17, 15) is 0 Å². The van der Waals surface area contributed by atoms with Crippen LogP contribution in [0.5, 0.6) is 0 Å². The second-order valence-corrected chi connectivity index (χ2v) is 5.21. The first kappa shape index (κ1) is 12.1. The largest absolute Gasteiger partial charge is 0.466 e. The second kappa shape index (κ2) is 4.87. The lowest BCUT2D eigenvalue weighted by molar-refractivity contribution is -0.0938. The van der Waals surface area contributed by atoms with Gasteiger partial charge in [0.05, 0.1) is 16.3 Å². The summed E-state index contributed by atoms with van der Waals surface area (Å²) in [6, 6.07) is 1.74. The third-order valence-electron chi connectivity index (χ3n) is 3.18. The van der Waals surface area contributed by atoms with E-state index in [1.807, 2.05) is 6.07 Å². The van der Waals surface area contributed by atoms with Crippen LogP contribution in [-0.2, 0) is 4.74 Å². The van der Waals surface area contributed by atoms with Gasteiger partial charge in [0.15, 0.2) is 0 Å². The molecule has 0 spiro atoms. The molecular formula is C11H17BrN2O2. The smallest absolute Gasteiger partial charge is 0.139 e. The first-order valence-electron chi connectivity index (χ1n) is 5.50. The van der Waals surface area contributed by atoms with E-state index in [2.05, 4.69) is 28.3 Å². The quantitative estimate of drug-likeness (QED) is 0.663. The van der Waals surface area contributed by atoms with Crippen molar-refractivity contribution in [2.75, 3.05) is 6.61 Å². The molecular weight excluding hydrogens is 272 g/mol. The first-order chi connectivity index (χ1) is 7.67. The average molecular weight is 289 g/mol. The monoisotopic (exact) mass is 288 g/mol. The van der Waals surface area contributed by atoms with Crippen LogP contribution in [0.1, 0.15) is 38.0 Å². The first-order valence-corrected chi connectivity index (χ1v) is 6.29. The van der Waals surface area contributed by atoms with Crippen molar-refractivity contribution in [2.45, 2.75) is 37.8 Å². The van der Waals surface area contributed by atoms with E-state index in [-0.39, 0.29) is 11.6 Å².